The Kier molecular flexibility index (Phi) is 4.58. The first-order valence-electron chi connectivity index (χ1n) is 7.14. The predicted octanol–water partition coefficient (Wildman–Crippen LogP) is 3.78. The van der Waals surface area contributed by atoms with Gasteiger partial charge in [-0.25, -0.2) is 8.78 Å². The van der Waals surface area contributed by atoms with Crippen LogP contribution in [0.4, 0.5) is 8.78 Å². The molecule has 1 aliphatic rings. The van der Waals surface area contributed by atoms with Crippen molar-refractivity contribution in [1.82, 2.24) is 0 Å². The molecule has 1 saturated carbocycles. The molecule has 0 bridgehead atoms. The zero-order chi connectivity index (χ0) is 16.5. The van der Waals surface area contributed by atoms with Crippen LogP contribution in [0.25, 0.3) is 0 Å². The topological polar surface area (TPSA) is 55.8 Å². The van der Waals surface area contributed by atoms with Crippen LogP contribution in [0.1, 0.15) is 43.2 Å². The lowest BCUT2D eigenvalue weighted by Gasteiger charge is -2.23. The number of ether oxygens (including phenoxy) is 2. The van der Waals surface area contributed by atoms with E-state index >= 15 is 0 Å². The first-order valence-corrected chi connectivity index (χ1v) is 7.14. The molecule has 2 rings (SSSR count). The SMILES string of the molecule is COc1cc(C(C)(F)F)cc(C(CC(=O)O)C2CC2)c1OC. The summed E-state index contributed by atoms with van der Waals surface area (Å²) in [5.41, 5.74) is 0.291. The average molecular weight is 314 g/mol. The van der Waals surface area contributed by atoms with Crippen molar-refractivity contribution in [3.63, 3.8) is 0 Å². The fourth-order valence-corrected chi connectivity index (χ4v) is 2.74. The third-order valence-electron chi connectivity index (χ3n) is 4.00. The maximum absolute atomic E-state index is 13.7. The number of carboxylic acids is 1. The minimum Gasteiger partial charge on any atom is -0.493 e. The van der Waals surface area contributed by atoms with Crippen molar-refractivity contribution in [2.45, 2.75) is 38.0 Å². The molecule has 22 heavy (non-hydrogen) atoms. The second-order valence-corrected chi connectivity index (χ2v) is 5.73. The summed E-state index contributed by atoms with van der Waals surface area (Å²) in [7, 11) is 2.80. The minimum absolute atomic E-state index is 0.108. The van der Waals surface area contributed by atoms with Gasteiger partial charge in [-0.1, -0.05) is 0 Å². The van der Waals surface area contributed by atoms with E-state index in [0.717, 1.165) is 19.8 Å². The summed E-state index contributed by atoms with van der Waals surface area (Å²) in [4.78, 5) is 11.1. The molecule has 1 atom stereocenters. The zero-order valence-corrected chi connectivity index (χ0v) is 12.9. The molecule has 6 heteroatoms. The first-order chi connectivity index (χ1) is 10.3. The van der Waals surface area contributed by atoms with Crippen molar-refractivity contribution in [3.05, 3.63) is 23.3 Å². The van der Waals surface area contributed by atoms with Crippen LogP contribution in [0.2, 0.25) is 0 Å². The number of rotatable bonds is 7. The van der Waals surface area contributed by atoms with Gasteiger partial charge < -0.3 is 14.6 Å². The van der Waals surface area contributed by atoms with E-state index in [0.29, 0.717) is 11.3 Å². The van der Waals surface area contributed by atoms with Gasteiger partial charge in [0.1, 0.15) is 0 Å². The minimum atomic E-state index is -3.04. The monoisotopic (exact) mass is 314 g/mol. The Bertz CT molecular complexity index is 562. The Morgan fingerprint density at radius 1 is 1.36 bits per heavy atom. The molecular formula is C16H20F2O4. The molecule has 0 spiro atoms. The van der Waals surface area contributed by atoms with E-state index in [1.54, 1.807) is 0 Å². The van der Waals surface area contributed by atoms with Crippen LogP contribution in [0.3, 0.4) is 0 Å². The Hall–Kier alpha value is -1.85. The summed E-state index contributed by atoms with van der Waals surface area (Å²) in [5, 5.41) is 9.12. The Labute approximate surface area is 128 Å². The zero-order valence-electron chi connectivity index (χ0n) is 12.9. The molecule has 1 fully saturated rings. The van der Waals surface area contributed by atoms with Gasteiger partial charge in [-0.05, 0) is 30.9 Å². The van der Waals surface area contributed by atoms with Gasteiger partial charge in [0.2, 0.25) is 0 Å². The number of halogens is 2. The largest absolute Gasteiger partial charge is 0.493 e. The molecule has 122 valence electrons. The van der Waals surface area contributed by atoms with Gasteiger partial charge in [0.05, 0.1) is 20.6 Å². The van der Waals surface area contributed by atoms with Gasteiger partial charge in [0, 0.05) is 24.0 Å². The summed E-state index contributed by atoms with van der Waals surface area (Å²) >= 11 is 0. The van der Waals surface area contributed by atoms with Crippen LogP contribution in [-0.2, 0) is 10.7 Å². The Morgan fingerprint density at radius 2 is 2.00 bits per heavy atom. The number of hydrogen-bond donors (Lipinski definition) is 1. The molecule has 0 amide bonds. The van der Waals surface area contributed by atoms with Crippen molar-refractivity contribution in [3.8, 4) is 11.5 Å². The highest BCUT2D eigenvalue weighted by atomic mass is 19.3. The van der Waals surface area contributed by atoms with Crippen LogP contribution in [0, 0.1) is 5.92 Å². The van der Waals surface area contributed by atoms with Crippen molar-refractivity contribution in [1.29, 1.82) is 0 Å². The van der Waals surface area contributed by atoms with Crippen LogP contribution < -0.4 is 9.47 Å². The van der Waals surface area contributed by atoms with E-state index < -0.39 is 11.9 Å². The summed E-state index contributed by atoms with van der Waals surface area (Å²) in [6.45, 7) is 0.807. The van der Waals surface area contributed by atoms with E-state index in [1.165, 1.54) is 26.4 Å². The number of methoxy groups -OCH3 is 2. The number of alkyl halides is 2. The summed E-state index contributed by atoms with van der Waals surface area (Å²) < 4.78 is 37.9. The van der Waals surface area contributed by atoms with Gasteiger partial charge in [-0.3, -0.25) is 4.79 Å². The van der Waals surface area contributed by atoms with Crippen molar-refractivity contribution in [2.75, 3.05) is 14.2 Å². The second-order valence-electron chi connectivity index (χ2n) is 5.73. The Balaban J connectivity index is 2.57. The standard InChI is InChI=1S/C16H20F2O4/c1-16(17,18)10-6-12(15(22-3)13(7-10)21-2)11(8-14(19)20)9-4-5-9/h6-7,9,11H,4-5,8H2,1-3H3,(H,19,20). The number of aliphatic carboxylic acids is 1. The first kappa shape index (κ1) is 16.5. The fourth-order valence-electron chi connectivity index (χ4n) is 2.74. The third kappa shape index (κ3) is 3.48. The molecule has 0 heterocycles. The van der Waals surface area contributed by atoms with E-state index in [2.05, 4.69) is 0 Å². The summed E-state index contributed by atoms with van der Waals surface area (Å²) in [5.74, 6) is -3.60. The lowest BCUT2D eigenvalue weighted by Crippen LogP contribution is -2.14. The van der Waals surface area contributed by atoms with E-state index in [9.17, 15) is 13.6 Å². The number of benzene rings is 1. The maximum atomic E-state index is 13.7. The Morgan fingerprint density at radius 3 is 2.41 bits per heavy atom. The molecule has 4 nitrogen and oxygen atoms in total. The molecule has 1 unspecified atom stereocenters. The molecule has 1 aliphatic carbocycles. The fraction of sp³-hybridized carbons (Fsp3) is 0.562. The van der Waals surface area contributed by atoms with Crippen molar-refractivity contribution < 1.29 is 28.2 Å². The second kappa shape index (κ2) is 6.10. The number of carboxylic acid groups (broad SMARTS) is 1. The summed E-state index contributed by atoms with van der Waals surface area (Å²) in [6, 6.07) is 2.60. The summed E-state index contributed by atoms with van der Waals surface area (Å²) in [6.07, 6.45) is 1.69. The van der Waals surface area contributed by atoms with Gasteiger partial charge in [0.15, 0.2) is 11.5 Å². The molecule has 0 aliphatic heterocycles. The molecule has 1 N–H and O–H groups in total. The molecule has 1 aromatic rings. The highest BCUT2D eigenvalue weighted by Gasteiger charge is 2.38. The van der Waals surface area contributed by atoms with Crippen LogP contribution >= 0.6 is 0 Å². The third-order valence-corrected chi connectivity index (χ3v) is 4.00. The highest BCUT2D eigenvalue weighted by molar-refractivity contribution is 5.69. The lowest BCUT2D eigenvalue weighted by atomic mass is 9.88. The van der Waals surface area contributed by atoms with Gasteiger partial charge in [-0.15, -0.1) is 0 Å². The van der Waals surface area contributed by atoms with Gasteiger partial charge in [-0.2, -0.15) is 0 Å². The molecule has 0 saturated heterocycles. The predicted molar refractivity (Wildman–Crippen MR) is 76.8 cm³/mol. The van der Waals surface area contributed by atoms with Crippen molar-refractivity contribution in [2.24, 2.45) is 5.92 Å². The van der Waals surface area contributed by atoms with E-state index in [4.69, 9.17) is 14.6 Å². The van der Waals surface area contributed by atoms with Gasteiger partial charge in [0.25, 0.3) is 5.92 Å². The molecular weight excluding hydrogens is 294 g/mol. The normalized spacial score (nSPS) is 16.2. The quantitative estimate of drug-likeness (QED) is 0.832. The lowest BCUT2D eigenvalue weighted by molar-refractivity contribution is -0.137. The number of carbonyl (C=O) groups is 1. The van der Waals surface area contributed by atoms with Crippen molar-refractivity contribution >= 4 is 5.97 Å². The van der Waals surface area contributed by atoms with Gasteiger partial charge >= 0.3 is 5.97 Å². The van der Waals surface area contributed by atoms with E-state index in [1.807, 2.05) is 0 Å². The average Bonchev–Trinajstić information content (AvgIpc) is 3.26. The maximum Gasteiger partial charge on any atom is 0.303 e. The van der Waals surface area contributed by atoms with E-state index in [-0.39, 0.29) is 29.6 Å². The van der Waals surface area contributed by atoms with Crippen LogP contribution in [-0.4, -0.2) is 25.3 Å². The van der Waals surface area contributed by atoms with Crippen LogP contribution in [0.15, 0.2) is 12.1 Å². The number of hydrogen-bond acceptors (Lipinski definition) is 3. The highest BCUT2D eigenvalue weighted by Crippen LogP contribution is 2.50. The smallest absolute Gasteiger partial charge is 0.303 e. The molecule has 1 aromatic carbocycles. The molecule has 0 aromatic heterocycles. The van der Waals surface area contributed by atoms with Crippen LogP contribution in [0.5, 0.6) is 11.5 Å². The molecule has 0 radical (unpaired) electrons.